The van der Waals surface area contributed by atoms with E-state index in [0.29, 0.717) is 24.6 Å². The summed E-state index contributed by atoms with van der Waals surface area (Å²) in [5, 5.41) is 10.3. The number of carbonyl (C=O) groups is 2. The predicted octanol–water partition coefficient (Wildman–Crippen LogP) is 6.42. The van der Waals surface area contributed by atoms with Gasteiger partial charge in [-0.3, -0.25) is 9.59 Å². The highest BCUT2D eigenvalue weighted by molar-refractivity contribution is 6.06. The maximum Gasteiger partial charge on any atom is 0.162 e. The van der Waals surface area contributed by atoms with Crippen molar-refractivity contribution in [2.24, 2.45) is 10.8 Å². The van der Waals surface area contributed by atoms with Gasteiger partial charge in [0.1, 0.15) is 0 Å². The molecular formula is C30H39NO4. The highest BCUT2D eigenvalue weighted by atomic mass is 16.5. The van der Waals surface area contributed by atoms with Gasteiger partial charge < -0.3 is 14.7 Å². The van der Waals surface area contributed by atoms with Gasteiger partial charge >= 0.3 is 0 Å². The second-order valence-corrected chi connectivity index (χ2v) is 12.6. The number of phenols is 1. The van der Waals surface area contributed by atoms with Crippen molar-refractivity contribution in [2.45, 2.75) is 97.4 Å². The lowest BCUT2D eigenvalue weighted by molar-refractivity contribution is -0.119. The fraction of sp³-hybridized carbons (Fsp3) is 0.600. The molecule has 1 heterocycles. The summed E-state index contributed by atoms with van der Waals surface area (Å²) in [5.41, 5.74) is 4.49. The first-order valence-electron chi connectivity index (χ1n) is 13.2. The molecule has 5 heteroatoms. The number of Topliss-reactive ketones (excluding diaryl/α,β-unsaturated/α-hetero) is 2. The molecule has 1 fully saturated rings. The van der Waals surface area contributed by atoms with Crippen LogP contribution in [0.5, 0.6) is 11.5 Å². The number of ether oxygens (including phenoxy) is 1. The number of hydrogen-bond acceptors (Lipinski definition) is 5. The SMILES string of the molecule is COc1cc(C2C3=C(CC(C)(C)CC3=O)N(C3CCCCC3)C3=C2C(=O)CC(C)(C)C3)ccc1O. The quantitative estimate of drug-likeness (QED) is 0.544. The van der Waals surface area contributed by atoms with E-state index < -0.39 is 5.92 Å². The number of carbonyl (C=O) groups excluding carboxylic acids is 2. The van der Waals surface area contributed by atoms with Crippen LogP contribution in [0.1, 0.15) is 97.0 Å². The van der Waals surface area contributed by atoms with E-state index in [1.807, 2.05) is 12.1 Å². The van der Waals surface area contributed by atoms with Crippen LogP contribution in [-0.2, 0) is 9.59 Å². The lowest BCUT2D eigenvalue weighted by Crippen LogP contribution is -2.48. The second-order valence-electron chi connectivity index (χ2n) is 12.6. The summed E-state index contributed by atoms with van der Waals surface area (Å²) >= 11 is 0. The van der Waals surface area contributed by atoms with Gasteiger partial charge in [-0.1, -0.05) is 53.0 Å². The summed E-state index contributed by atoms with van der Waals surface area (Å²) in [5.74, 6) is 0.332. The lowest BCUT2D eigenvalue weighted by atomic mass is 9.63. The smallest absolute Gasteiger partial charge is 0.162 e. The van der Waals surface area contributed by atoms with E-state index in [1.54, 1.807) is 6.07 Å². The third kappa shape index (κ3) is 4.21. The van der Waals surface area contributed by atoms with Crippen LogP contribution >= 0.6 is 0 Å². The van der Waals surface area contributed by atoms with Gasteiger partial charge in [0.05, 0.1) is 7.11 Å². The highest BCUT2D eigenvalue weighted by Crippen LogP contribution is 2.56. The zero-order valence-electron chi connectivity index (χ0n) is 21.9. The molecule has 0 spiro atoms. The molecule has 5 nitrogen and oxygen atoms in total. The Labute approximate surface area is 209 Å². The average Bonchev–Trinajstić information content (AvgIpc) is 2.77. The average molecular weight is 478 g/mol. The van der Waals surface area contributed by atoms with Gasteiger partial charge in [0.2, 0.25) is 0 Å². The van der Waals surface area contributed by atoms with Crippen molar-refractivity contribution in [2.75, 3.05) is 7.11 Å². The lowest BCUT2D eigenvalue weighted by Gasteiger charge is -2.52. The summed E-state index contributed by atoms with van der Waals surface area (Å²) in [6.07, 6.45) is 8.50. The zero-order valence-corrected chi connectivity index (χ0v) is 21.9. The van der Waals surface area contributed by atoms with Crippen LogP contribution in [0.2, 0.25) is 0 Å². The number of allylic oxidation sites excluding steroid dienone is 4. The molecule has 0 amide bonds. The van der Waals surface area contributed by atoms with Crippen LogP contribution < -0.4 is 4.74 Å². The highest BCUT2D eigenvalue weighted by Gasteiger charge is 2.50. The summed E-state index contributed by atoms with van der Waals surface area (Å²) in [7, 11) is 1.53. The molecule has 5 rings (SSSR count). The minimum atomic E-state index is -0.401. The van der Waals surface area contributed by atoms with Crippen molar-refractivity contribution in [3.63, 3.8) is 0 Å². The van der Waals surface area contributed by atoms with E-state index in [2.05, 4.69) is 32.6 Å². The molecule has 4 aliphatic rings. The molecule has 0 saturated heterocycles. The van der Waals surface area contributed by atoms with Crippen molar-refractivity contribution < 1.29 is 19.4 Å². The zero-order chi connectivity index (χ0) is 25.1. The Bertz CT molecular complexity index is 1080. The standard InChI is InChI=1S/C30H39NO4/c1-29(2)14-20-27(23(33)16-29)26(18-11-12-22(32)25(13-18)35-5)28-21(15-30(3,4)17-24(28)34)31(20)19-9-7-6-8-10-19/h11-13,19,26,32H,6-10,14-17H2,1-5H3. The summed E-state index contributed by atoms with van der Waals surface area (Å²) in [4.78, 5) is 30.3. The third-order valence-electron chi connectivity index (χ3n) is 8.43. The van der Waals surface area contributed by atoms with Crippen molar-refractivity contribution in [1.82, 2.24) is 4.90 Å². The van der Waals surface area contributed by atoms with E-state index in [0.717, 1.165) is 53.8 Å². The largest absolute Gasteiger partial charge is 0.504 e. The van der Waals surface area contributed by atoms with Gasteiger partial charge in [-0.15, -0.1) is 0 Å². The normalized spacial score (nSPS) is 25.0. The summed E-state index contributed by atoms with van der Waals surface area (Å²) < 4.78 is 5.42. The molecule has 0 aromatic heterocycles. The molecule has 1 aromatic rings. The Kier molecular flexibility index (Phi) is 5.89. The van der Waals surface area contributed by atoms with Crippen molar-refractivity contribution in [3.05, 3.63) is 46.3 Å². The number of aromatic hydroxyl groups is 1. The van der Waals surface area contributed by atoms with Gasteiger partial charge in [-0.2, -0.15) is 0 Å². The molecule has 1 saturated carbocycles. The molecule has 3 aliphatic carbocycles. The molecule has 0 unspecified atom stereocenters. The first kappa shape index (κ1) is 24.1. The van der Waals surface area contributed by atoms with Crippen LogP contribution in [0.3, 0.4) is 0 Å². The Hall–Kier alpha value is -2.56. The predicted molar refractivity (Wildman–Crippen MR) is 136 cm³/mol. The first-order valence-corrected chi connectivity index (χ1v) is 13.2. The molecule has 188 valence electrons. The van der Waals surface area contributed by atoms with E-state index in [-0.39, 0.29) is 28.1 Å². The Balaban J connectivity index is 1.78. The van der Waals surface area contributed by atoms with Crippen LogP contribution in [-0.4, -0.2) is 34.7 Å². The Morgan fingerprint density at radius 3 is 1.91 bits per heavy atom. The number of methoxy groups -OCH3 is 1. The van der Waals surface area contributed by atoms with Gasteiger partial charge in [0.25, 0.3) is 0 Å². The van der Waals surface area contributed by atoms with Crippen LogP contribution in [0.25, 0.3) is 0 Å². The van der Waals surface area contributed by atoms with Crippen LogP contribution in [0.4, 0.5) is 0 Å². The molecule has 0 atom stereocenters. The van der Waals surface area contributed by atoms with Gasteiger partial charge in [-0.05, 0) is 54.2 Å². The fourth-order valence-electron chi connectivity index (χ4n) is 6.98. The third-order valence-corrected chi connectivity index (χ3v) is 8.43. The monoisotopic (exact) mass is 477 g/mol. The van der Waals surface area contributed by atoms with E-state index in [9.17, 15) is 14.7 Å². The minimum Gasteiger partial charge on any atom is -0.504 e. The van der Waals surface area contributed by atoms with Crippen LogP contribution in [0.15, 0.2) is 40.7 Å². The fourth-order valence-corrected chi connectivity index (χ4v) is 6.98. The van der Waals surface area contributed by atoms with E-state index in [4.69, 9.17) is 4.74 Å². The van der Waals surface area contributed by atoms with Gasteiger partial charge in [0, 0.05) is 47.3 Å². The maximum absolute atomic E-state index is 13.9. The molecule has 0 radical (unpaired) electrons. The van der Waals surface area contributed by atoms with E-state index >= 15 is 0 Å². The van der Waals surface area contributed by atoms with Crippen molar-refractivity contribution in [3.8, 4) is 11.5 Å². The Morgan fingerprint density at radius 1 is 0.857 bits per heavy atom. The van der Waals surface area contributed by atoms with Gasteiger partial charge in [0.15, 0.2) is 23.1 Å². The topological polar surface area (TPSA) is 66.8 Å². The van der Waals surface area contributed by atoms with Crippen LogP contribution in [0, 0.1) is 10.8 Å². The summed E-state index contributed by atoms with van der Waals surface area (Å²) in [6.45, 7) is 8.75. The van der Waals surface area contributed by atoms with E-state index in [1.165, 1.54) is 26.4 Å². The number of ketones is 2. The number of nitrogens with zero attached hydrogens (tertiary/aromatic N) is 1. The number of hydrogen-bond donors (Lipinski definition) is 1. The maximum atomic E-state index is 13.9. The molecular weight excluding hydrogens is 438 g/mol. The number of phenolic OH excluding ortho intramolecular Hbond substituents is 1. The second kappa shape index (κ2) is 8.53. The molecule has 1 aliphatic heterocycles. The first-order chi connectivity index (χ1) is 16.5. The molecule has 1 aromatic carbocycles. The summed E-state index contributed by atoms with van der Waals surface area (Å²) in [6, 6.07) is 5.63. The molecule has 0 bridgehead atoms. The van der Waals surface area contributed by atoms with Crippen molar-refractivity contribution in [1.29, 1.82) is 0 Å². The minimum absolute atomic E-state index is 0.0616. The number of benzene rings is 1. The Morgan fingerprint density at radius 2 is 1.40 bits per heavy atom. The molecule has 35 heavy (non-hydrogen) atoms. The van der Waals surface area contributed by atoms with Crippen molar-refractivity contribution >= 4 is 11.6 Å². The van der Waals surface area contributed by atoms with Gasteiger partial charge in [-0.25, -0.2) is 0 Å². The number of rotatable bonds is 3. The molecule has 1 N–H and O–H groups in total.